The summed E-state index contributed by atoms with van der Waals surface area (Å²) in [7, 11) is 0. The molecule has 0 spiro atoms. The van der Waals surface area contributed by atoms with E-state index in [0.29, 0.717) is 12.3 Å². The minimum Gasteiger partial charge on any atom is -0.478 e. The van der Waals surface area contributed by atoms with Crippen molar-refractivity contribution in [2.24, 2.45) is 0 Å². The first-order chi connectivity index (χ1) is 9.00. The number of carboxylic acid groups (broad SMARTS) is 1. The zero-order chi connectivity index (χ0) is 14.0. The second-order valence-corrected chi connectivity index (χ2v) is 4.40. The fourth-order valence-corrected chi connectivity index (χ4v) is 2.12. The largest absolute Gasteiger partial charge is 0.478 e. The molecule has 102 valence electrons. The molecular formula is C13H16N2O4. The fraction of sp³-hybridized carbons (Fsp3) is 0.385. The topological polar surface area (TPSA) is 88.5 Å². The number of hydrogen-bond donors (Lipinski definition) is 2. The molecule has 6 heteroatoms. The Bertz CT molecular complexity index is 566. The molecule has 0 radical (unpaired) electrons. The summed E-state index contributed by atoms with van der Waals surface area (Å²) in [6.07, 6.45) is 1.38. The van der Waals surface area contributed by atoms with Crippen LogP contribution in [0.25, 0.3) is 0 Å². The van der Waals surface area contributed by atoms with E-state index in [4.69, 9.17) is 14.0 Å². The van der Waals surface area contributed by atoms with Crippen LogP contribution in [0.5, 0.6) is 0 Å². The van der Waals surface area contributed by atoms with E-state index in [1.807, 2.05) is 20.8 Å². The molecule has 0 saturated heterocycles. The molecule has 0 bridgehead atoms. The van der Waals surface area contributed by atoms with Crippen molar-refractivity contribution in [3.8, 4) is 0 Å². The molecule has 6 nitrogen and oxygen atoms in total. The van der Waals surface area contributed by atoms with E-state index < -0.39 is 5.97 Å². The van der Waals surface area contributed by atoms with E-state index in [1.54, 1.807) is 0 Å². The van der Waals surface area contributed by atoms with Gasteiger partial charge in [-0.3, -0.25) is 0 Å². The zero-order valence-corrected chi connectivity index (χ0v) is 11.1. The van der Waals surface area contributed by atoms with Crippen molar-refractivity contribution in [1.82, 2.24) is 10.5 Å². The average molecular weight is 264 g/mol. The molecule has 2 aromatic heterocycles. The van der Waals surface area contributed by atoms with Gasteiger partial charge in [-0.2, -0.15) is 0 Å². The smallest absolute Gasteiger partial charge is 0.339 e. The Morgan fingerprint density at radius 1 is 1.53 bits per heavy atom. The number of nitrogens with one attached hydrogen (secondary N) is 1. The van der Waals surface area contributed by atoms with E-state index in [2.05, 4.69) is 10.5 Å². The van der Waals surface area contributed by atoms with Gasteiger partial charge in [-0.25, -0.2) is 4.79 Å². The van der Waals surface area contributed by atoms with Gasteiger partial charge >= 0.3 is 5.97 Å². The van der Waals surface area contributed by atoms with Crippen LogP contribution >= 0.6 is 0 Å². The van der Waals surface area contributed by atoms with Crippen LogP contribution in [0.1, 0.15) is 46.1 Å². The van der Waals surface area contributed by atoms with Crippen LogP contribution in [0.4, 0.5) is 0 Å². The number of aryl methyl sites for hydroxylation is 2. The predicted molar refractivity (Wildman–Crippen MR) is 66.9 cm³/mol. The second kappa shape index (κ2) is 5.27. The Morgan fingerprint density at radius 2 is 2.26 bits per heavy atom. The van der Waals surface area contributed by atoms with Crippen LogP contribution < -0.4 is 5.32 Å². The van der Waals surface area contributed by atoms with E-state index >= 15 is 0 Å². The Morgan fingerprint density at radius 3 is 2.84 bits per heavy atom. The van der Waals surface area contributed by atoms with Crippen molar-refractivity contribution in [3.63, 3.8) is 0 Å². The summed E-state index contributed by atoms with van der Waals surface area (Å²) in [5, 5.41) is 16.1. The fourth-order valence-electron chi connectivity index (χ4n) is 2.12. The van der Waals surface area contributed by atoms with Gasteiger partial charge in [-0.05, 0) is 26.8 Å². The maximum absolute atomic E-state index is 11.0. The molecule has 2 rings (SSSR count). The van der Waals surface area contributed by atoms with Crippen LogP contribution in [0.3, 0.4) is 0 Å². The first-order valence-corrected chi connectivity index (χ1v) is 5.96. The van der Waals surface area contributed by atoms with Gasteiger partial charge < -0.3 is 19.4 Å². The Hall–Kier alpha value is -2.08. The molecule has 0 aromatic carbocycles. The highest BCUT2D eigenvalue weighted by atomic mass is 16.5. The highest BCUT2D eigenvalue weighted by Crippen LogP contribution is 2.21. The standard InChI is InChI=1S/C13H16N2O4/c1-7(12-8(2)15-19-9(12)3)14-6-11-10(13(16)17)4-5-18-11/h4-5,7,14H,6H2,1-3H3,(H,16,17). The molecule has 0 aliphatic heterocycles. The van der Waals surface area contributed by atoms with E-state index in [0.717, 1.165) is 17.0 Å². The summed E-state index contributed by atoms with van der Waals surface area (Å²) in [5.41, 5.74) is 2.00. The van der Waals surface area contributed by atoms with Crippen molar-refractivity contribution >= 4 is 5.97 Å². The van der Waals surface area contributed by atoms with Crippen molar-refractivity contribution in [3.05, 3.63) is 40.7 Å². The lowest BCUT2D eigenvalue weighted by Crippen LogP contribution is -2.20. The number of aromatic nitrogens is 1. The van der Waals surface area contributed by atoms with Gasteiger partial charge in [0.15, 0.2) is 0 Å². The van der Waals surface area contributed by atoms with E-state index in [-0.39, 0.29) is 11.6 Å². The number of carbonyl (C=O) groups is 1. The van der Waals surface area contributed by atoms with Crippen LogP contribution in [0.2, 0.25) is 0 Å². The molecule has 2 heterocycles. The van der Waals surface area contributed by atoms with Crippen LogP contribution in [0.15, 0.2) is 21.3 Å². The molecule has 2 N–H and O–H groups in total. The molecule has 19 heavy (non-hydrogen) atoms. The van der Waals surface area contributed by atoms with E-state index in [9.17, 15) is 4.79 Å². The van der Waals surface area contributed by atoms with Gasteiger partial charge in [-0.15, -0.1) is 0 Å². The lowest BCUT2D eigenvalue weighted by Gasteiger charge is -2.12. The predicted octanol–water partition coefficient (Wildman–Crippen LogP) is 2.43. The first-order valence-electron chi connectivity index (χ1n) is 5.96. The van der Waals surface area contributed by atoms with Gasteiger partial charge in [0.05, 0.1) is 18.5 Å². The maximum atomic E-state index is 11.0. The van der Waals surface area contributed by atoms with Crippen LogP contribution in [-0.2, 0) is 6.54 Å². The minimum atomic E-state index is -0.990. The maximum Gasteiger partial charge on any atom is 0.339 e. The second-order valence-electron chi connectivity index (χ2n) is 4.40. The number of aromatic carboxylic acids is 1. The van der Waals surface area contributed by atoms with Gasteiger partial charge in [0.2, 0.25) is 0 Å². The molecule has 0 aliphatic carbocycles. The van der Waals surface area contributed by atoms with Crippen molar-refractivity contribution < 1.29 is 18.8 Å². The SMILES string of the molecule is Cc1noc(C)c1C(C)NCc1occc1C(=O)O. The van der Waals surface area contributed by atoms with Crippen molar-refractivity contribution in [2.45, 2.75) is 33.4 Å². The van der Waals surface area contributed by atoms with Crippen molar-refractivity contribution in [2.75, 3.05) is 0 Å². The van der Waals surface area contributed by atoms with Gasteiger partial charge in [0.25, 0.3) is 0 Å². The highest BCUT2D eigenvalue weighted by molar-refractivity contribution is 5.88. The number of rotatable bonds is 5. The molecule has 0 amide bonds. The zero-order valence-electron chi connectivity index (χ0n) is 11.1. The van der Waals surface area contributed by atoms with Crippen molar-refractivity contribution in [1.29, 1.82) is 0 Å². The molecule has 2 aromatic rings. The molecular weight excluding hydrogens is 248 g/mol. The van der Waals surface area contributed by atoms with E-state index in [1.165, 1.54) is 12.3 Å². The lowest BCUT2D eigenvalue weighted by molar-refractivity contribution is 0.0694. The first kappa shape index (κ1) is 13.4. The van der Waals surface area contributed by atoms with Gasteiger partial charge in [0.1, 0.15) is 17.1 Å². The third-order valence-electron chi connectivity index (χ3n) is 3.07. The molecule has 0 fully saturated rings. The third-order valence-corrected chi connectivity index (χ3v) is 3.07. The lowest BCUT2D eigenvalue weighted by atomic mass is 10.1. The summed E-state index contributed by atoms with van der Waals surface area (Å²) < 4.78 is 10.3. The Kier molecular flexibility index (Phi) is 3.71. The van der Waals surface area contributed by atoms with Crippen LogP contribution in [-0.4, -0.2) is 16.2 Å². The number of carboxylic acids is 1. The minimum absolute atomic E-state index is 0.00186. The van der Waals surface area contributed by atoms with Gasteiger partial charge in [-0.1, -0.05) is 5.16 Å². The Balaban J connectivity index is 2.07. The normalized spacial score (nSPS) is 12.6. The summed E-state index contributed by atoms with van der Waals surface area (Å²) in [6, 6.07) is 1.44. The Labute approximate surface area is 110 Å². The monoisotopic (exact) mass is 264 g/mol. The number of furan rings is 1. The molecule has 0 aliphatic rings. The van der Waals surface area contributed by atoms with Crippen LogP contribution in [0, 0.1) is 13.8 Å². The third kappa shape index (κ3) is 2.68. The molecule has 0 saturated carbocycles. The summed E-state index contributed by atoms with van der Waals surface area (Å²) in [6.45, 7) is 6.03. The number of nitrogens with zero attached hydrogens (tertiary/aromatic N) is 1. The number of hydrogen-bond acceptors (Lipinski definition) is 5. The molecule has 1 atom stereocenters. The summed E-state index contributed by atoms with van der Waals surface area (Å²) in [5.74, 6) is 0.178. The highest BCUT2D eigenvalue weighted by Gasteiger charge is 2.18. The quantitative estimate of drug-likeness (QED) is 0.862. The average Bonchev–Trinajstić information content (AvgIpc) is 2.93. The molecule has 1 unspecified atom stereocenters. The summed E-state index contributed by atoms with van der Waals surface area (Å²) >= 11 is 0. The van der Waals surface area contributed by atoms with Gasteiger partial charge in [0, 0.05) is 11.6 Å². The summed E-state index contributed by atoms with van der Waals surface area (Å²) in [4.78, 5) is 11.0.